The number of fused-ring (bicyclic) bond motifs is 1. The fourth-order valence-corrected chi connectivity index (χ4v) is 4.43. The van der Waals surface area contributed by atoms with Crippen molar-refractivity contribution in [3.63, 3.8) is 0 Å². The van der Waals surface area contributed by atoms with Crippen LogP contribution in [0.25, 0.3) is 5.57 Å². The molecule has 0 amide bonds. The summed E-state index contributed by atoms with van der Waals surface area (Å²) >= 11 is 0. The largest absolute Gasteiger partial charge is 0.468 e. The van der Waals surface area contributed by atoms with Crippen LogP contribution >= 0.6 is 0 Å². The van der Waals surface area contributed by atoms with Crippen molar-refractivity contribution in [3.05, 3.63) is 112 Å². The second-order valence-electron chi connectivity index (χ2n) is 9.16. The summed E-state index contributed by atoms with van der Waals surface area (Å²) < 4.78 is 10.3. The highest BCUT2D eigenvalue weighted by molar-refractivity contribution is 6.02. The van der Waals surface area contributed by atoms with Crippen molar-refractivity contribution in [1.29, 1.82) is 0 Å². The molecule has 1 aliphatic carbocycles. The molecule has 0 saturated heterocycles. The smallest absolute Gasteiger partial charge is 0.323 e. The van der Waals surface area contributed by atoms with Crippen molar-refractivity contribution in [1.82, 2.24) is 0 Å². The third-order valence-corrected chi connectivity index (χ3v) is 6.50. The van der Waals surface area contributed by atoms with Crippen molar-refractivity contribution in [2.75, 3.05) is 14.2 Å². The van der Waals surface area contributed by atoms with E-state index in [-0.39, 0.29) is 12.8 Å². The first-order chi connectivity index (χ1) is 17.9. The minimum atomic E-state index is -1.58. The van der Waals surface area contributed by atoms with Gasteiger partial charge in [-0.1, -0.05) is 83.3 Å². The maximum absolute atomic E-state index is 13.2. The molecule has 184 valence electrons. The van der Waals surface area contributed by atoms with E-state index in [9.17, 15) is 9.59 Å². The van der Waals surface area contributed by atoms with Gasteiger partial charge in [-0.2, -0.15) is 0 Å². The van der Waals surface area contributed by atoms with Gasteiger partial charge in [0.05, 0.1) is 14.2 Å². The minimum absolute atomic E-state index is 0.0117. The van der Waals surface area contributed by atoms with E-state index in [0.29, 0.717) is 11.1 Å². The number of esters is 2. The zero-order valence-corrected chi connectivity index (χ0v) is 21.5. The fourth-order valence-electron chi connectivity index (χ4n) is 4.43. The zero-order chi connectivity index (χ0) is 26.4. The number of hydrogen-bond donors (Lipinski definition) is 0. The average Bonchev–Trinajstić information content (AvgIpc) is 3.06. The molecule has 4 nitrogen and oxygen atoms in total. The molecule has 3 aromatic carbocycles. The van der Waals surface area contributed by atoms with Gasteiger partial charge in [-0.3, -0.25) is 9.59 Å². The van der Waals surface area contributed by atoms with Gasteiger partial charge in [-0.05, 0) is 49.2 Å². The minimum Gasteiger partial charge on any atom is -0.468 e. The maximum Gasteiger partial charge on any atom is 0.323 e. The Morgan fingerprint density at radius 2 is 1.19 bits per heavy atom. The molecule has 4 heteroatoms. The van der Waals surface area contributed by atoms with Gasteiger partial charge in [0.1, 0.15) is 0 Å². The van der Waals surface area contributed by atoms with Crippen molar-refractivity contribution in [3.8, 4) is 23.7 Å². The van der Waals surface area contributed by atoms with Crippen LogP contribution in [0.5, 0.6) is 0 Å². The molecule has 0 unspecified atom stereocenters. The summed E-state index contributed by atoms with van der Waals surface area (Å²) in [7, 11) is 2.56. The molecule has 0 atom stereocenters. The molecule has 0 aliphatic heterocycles. The van der Waals surface area contributed by atoms with Gasteiger partial charge in [0.25, 0.3) is 0 Å². The Hall–Kier alpha value is -4.54. The number of aryl methyl sites for hydroxylation is 2. The predicted octanol–water partition coefficient (Wildman–Crippen LogP) is 5.44. The molecular weight excluding hydrogens is 460 g/mol. The first-order valence-corrected chi connectivity index (χ1v) is 12.0. The van der Waals surface area contributed by atoms with E-state index in [1.54, 1.807) is 0 Å². The molecule has 4 rings (SSSR count). The van der Waals surface area contributed by atoms with Gasteiger partial charge in [0, 0.05) is 35.1 Å². The Morgan fingerprint density at radius 1 is 0.676 bits per heavy atom. The molecule has 0 aromatic heterocycles. The molecule has 0 radical (unpaired) electrons. The number of rotatable bonds is 2. The van der Waals surface area contributed by atoms with E-state index in [1.165, 1.54) is 14.2 Å². The van der Waals surface area contributed by atoms with Crippen LogP contribution in [0.4, 0.5) is 0 Å². The normalized spacial score (nSPS) is 13.6. The van der Waals surface area contributed by atoms with Crippen LogP contribution in [-0.4, -0.2) is 26.2 Å². The van der Waals surface area contributed by atoms with Gasteiger partial charge < -0.3 is 9.47 Å². The first kappa shape index (κ1) is 25.5. The first-order valence-electron chi connectivity index (χ1n) is 12.0. The van der Waals surface area contributed by atoms with Crippen LogP contribution in [-0.2, 0) is 25.5 Å². The third kappa shape index (κ3) is 5.50. The number of benzene rings is 3. The predicted molar refractivity (Wildman–Crippen MR) is 144 cm³/mol. The monoisotopic (exact) mass is 488 g/mol. The molecule has 0 heterocycles. The highest BCUT2D eigenvalue weighted by Gasteiger charge is 2.50. The van der Waals surface area contributed by atoms with Gasteiger partial charge in [0.2, 0.25) is 0 Å². The van der Waals surface area contributed by atoms with E-state index in [4.69, 9.17) is 9.47 Å². The van der Waals surface area contributed by atoms with E-state index in [1.807, 2.05) is 86.6 Å². The summed E-state index contributed by atoms with van der Waals surface area (Å²) in [4.78, 5) is 26.4. The van der Waals surface area contributed by atoms with Crippen molar-refractivity contribution >= 4 is 17.5 Å². The number of allylic oxidation sites excluding steroid dienone is 2. The second kappa shape index (κ2) is 11.0. The van der Waals surface area contributed by atoms with Crippen LogP contribution in [0.1, 0.15) is 39.8 Å². The lowest BCUT2D eigenvalue weighted by atomic mass is 9.77. The fraction of sp³-hybridized carbons (Fsp3) is 0.212. The standard InChI is InChI=1S/C33H28O4/c1-23-9-13-25(14-10-23)17-19-28-22-33(31(34)36-3,32(35)37-4)21-27-7-5-6-8-29(27)30(28)20-18-26-15-11-24(2)12-16-26/h5-16H,21-22H2,1-4H3. The zero-order valence-electron chi connectivity index (χ0n) is 21.5. The molecule has 0 bridgehead atoms. The van der Waals surface area contributed by atoms with Crippen LogP contribution in [0.2, 0.25) is 0 Å². The molecule has 3 aromatic rings. The van der Waals surface area contributed by atoms with Gasteiger partial charge >= 0.3 is 11.9 Å². The third-order valence-electron chi connectivity index (χ3n) is 6.50. The van der Waals surface area contributed by atoms with Gasteiger partial charge in [-0.15, -0.1) is 0 Å². The summed E-state index contributed by atoms with van der Waals surface area (Å²) in [5, 5.41) is 0. The molecule has 0 N–H and O–H groups in total. The van der Waals surface area contributed by atoms with Crippen molar-refractivity contribution in [2.24, 2.45) is 5.41 Å². The SMILES string of the molecule is COC(=O)C1(C(=O)OC)CC(C#Cc2ccc(C)cc2)=C(C#Cc2ccc(C)cc2)c2ccccc2C1. The van der Waals surface area contributed by atoms with Gasteiger partial charge in [0.15, 0.2) is 5.41 Å². The Labute approximate surface area is 218 Å². The summed E-state index contributed by atoms with van der Waals surface area (Å²) in [5.41, 5.74) is 5.30. The second-order valence-corrected chi connectivity index (χ2v) is 9.16. The number of carbonyl (C=O) groups is 2. The lowest BCUT2D eigenvalue weighted by molar-refractivity contribution is -0.169. The summed E-state index contributed by atoms with van der Waals surface area (Å²) in [5.74, 6) is 11.7. The molecular formula is C33H28O4. The summed E-state index contributed by atoms with van der Waals surface area (Å²) in [6.07, 6.45) is 0.131. The molecule has 0 fully saturated rings. The topological polar surface area (TPSA) is 52.6 Å². The number of methoxy groups -OCH3 is 2. The molecule has 37 heavy (non-hydrogen) atoms. The molecule has 0 spiro atoms. The van der Waals surface area contributed by atoms with Crippen LogP contribution < -0.4 is 0 Å². The molecule has 1 aliphatic rings. The Bertz CT molecular complexity index is 1470. The van der Waals surface area contributed by atoms with E-state index < -0.39 is 17.4 Å². The van der Waals surface area contributed by atoms with Gasteiger partial charge in [-0.25, -0.2) is 0 Å². The van der Waals surface area contributed by atoms with Crippen molar-refractivity contribution < 1.29 is 19.1 Å². The lowest BCUT2D eigenvalue weighted by Crippen LogP contribution is -2.43. The summed E-state index contributed by atoms with van der Waals surface area (Å²) in [6, 6.07) is 23.5. The van der Waals surface area contributed by atoms with E-state index in [2.05, 4.69) is 23.7 Å². The number of carbonyl (C=O) groups excluding carboxylic acids is 2. The summed E-state index contributed by atoms with van der Waals surface area (Å²) in [6.45, 7) is 4.04. The maximum atomic E-state index is 13.2. The Morgan fingerprint density at radius 3 is 1.73 bits per heavy atom. The highest BCUT2D eigenvalue weighted by atomic mass is 16.5. The lowest BCUT2D eigenvalue weighted by Gasteiger charge is -2.27. The average molecular weight is 489 g/mol. The van der Waals surface area contributed by atoms with E-state index >= 15 is 0 Å². The quantitative estimate of drug-likeness (QED) is 0.274. The van der Waals surface area contributed by atoms with Crippen LogP contribution in [0, 0.1) is 42.9 Å². The van der Waals surface area contributed by atoms with Crippen LogP contribution in [0.3, 0.4) is 0 Å². The number of hydrogen-bond acceptors (Lipinski definition) is 4. The molecule has 0 saturated carbocycles. The Kier molecular flexibility index (Phi) is 7.61. The van der Waals surface area contributed by atoms with E-state index in [0.717, 1.165) is 33.4 Å². The number of ether oxygens (including phenoxy) is 2. The van der Waals surface area contributed by atoms with Crippen LogP contribution in [0.15, 0.2) is 78.4 Å². The Balaban J connectivity index is 1.98. The highest BCUT2D eigenvalue weighted by Crippen LogP contribution is 2.41. The van der Waals surface area contributed by atoms with Crippen molar-refractivity contribution in [2.45, 2.75) is 26.7 Å².